The van der Waals surface area contributed by atoms with Crippen LogP contribution in [0.2, 0.25) is 0 Å². The summed E-state index contributed by atoms with van der Waals surface area (Å²) in [6.07, 6.45) is 7.10. The topological polar surface area (TPSA) is 62.7 Å². The SMILES string of the molecule is CCNC(=NCCCC(C)C)NCCCCCCC(=O)OC.I. The molecule has 0 aromatic carbocycles. The summed E-state index contributed by atoms with van der Waals surface area (Å²) in [5.41, 5.74) is 0. The maximum atomic E-state index is 11.0. The van der Waals surface area contributed by atoms with E-state index in [9.17, 15) is 4.79 Å². The van der Waals surface area contributed by atoms with Gasteiger partial charge in [-0.15, -0.1) is 24.0 Å². The van der Waals surface area contributed by atoms with Crippen molar-refractivity contribution < 1.29 is 9.53 Å². The lowest BCUT2D eigenvalue weighted by Gasteiger charge is -2.11. The Balaban J connectivity index is 0. The van der Waals surface area contributed by atoms with E-state index in [1.807, 2.05) is 0 Å². The lowest BCUT2D eigenvalue weighted by atomic mass is 10.1. The fraction of sp³-hybridized carbons (Fsp3) is 0.882. The molecule has 0 unspecified atom stereocenters. The smallest absolute Gasteiger partial charge is 0.305 e. The highest BCUT2D eigenvalue weighted by atomic mass is 127. The number of halogens is 1. The molecule has 0 aliphatic rings. The highest BCUT2D eigenvalue weighted by Crippen LogP contribution is 2.04. The largest absolute Gasteiger partial charge is 0.469 e. The Hall–Kier alpha value is -0.530. The Morgan fingerprint density at radius 2 is 1.78 bits per heavy atom. The molecule has 0 fully saturated rings. The molecule has 5 nitrogen and oxygen atoms in total. The van der Waals surface area contributed by atoms with Crippen molar-refractivity contribution in [3.05, 3.63) is 0 Å². The number of hydrogen-bond donors (Lipinski definition) is 2. The number of nitrogens with zero attached hydrogens (tertiary/aromatic N) is 1. The molecule has 0 heterocycles. The van der Waals surface area contributed by atoms with Crippen molar-refractivity contribution in [3.63, 3.8) is 0 Å². The molecule has 0 radical (unpaired) electrons. The predicted molar refractivity (Wildman–Crippen MR) is 109 cm³/mol. The van der Waals surface area contributed by atoms with Crippen LogP contribution in [0.5, 0.6) is 0 Å². The van der Waals surface area contributed by atoms with E-state index in [2.05, 4.69) is 41.1 Å². The average Bonchev–Trinajstić information content (AvgIpc) is 2.49. The number of nitrogens with one attached hydrogen (secondary N) is 2. The molecule has 138 valence electrons. The van der Waals surface area contributed by atoms with Gasteiger partial charge in [0, 0.05) is 26.1 Å². The van der Waals surface area contributed by atoms with Crippen LogP contribution in [0.4, 0.5) is 0 Å². The predicted octanol–water partition coefficient (Wildman–Crippen LogP) is 3.72. The lowest BCUT2D eigenvalue weighted by Crippen LogP contribution is -2.37. The zero-order valence-electron chi connectivity index (χ0n) is 15.3. The number of carbonyl (C=O) groups excluding carboxylic acids is 1. The summed E-state index contributed by atoms with van der Waals surface area (Å²) in [5.74, 6) is 1.55. The Labute approximate surface area is 159 Å². The number of hydrogen-bond acceptors (Lipinski definition) is 3. The fourth-order valence-corrected chi connectivity index (χ4v) is 2.09. The van der Waals surface area contributed by atoms with Gasteiger partial charge in [-0.2, -0.15) is 0 Å². The molecule has 0 bridgehead atoms. The van der Waals surface area contributed by atoms with Gasteiger partial charge < -0.3 is 15.4 Å². The first kappa shape index (κ1) is 24.7. The van der Waals surface area contributed by atoms with E-state index >= 15 is 0 Å². The molecule has 0 spiro atoms. The minimum absolute atomic E-state index is 0. The van der Waals surface area contributed by atoms with E-state index in [1.165, 1.54) is 13.5 Å². The molecule has 0 aliphatic carbocycles. The first-order valence-corrected chi connectivity index (χ1v) is 8.69. The molecule has 0 aliphatic heterocycles. The van der Waals surface area contributed by atoms with Gasteiger partial charge in [-0.1, -0.05) is 26.7 Å². The summed E-state index contributed by atoms with van der Waals surface area (Å²) in [5, 5.41) is 6.64. The molecule has 0 aromatic heterocycles. The van der Waals surface area contributed by atoms with Crippen LogP contribution in [0.15, 0.2) is 4.99 Å². The number of methoxy groups -OCH3 is 1. The average molecular weight is 441 g/mol. The third kappa shape index (κ3) is 17.7. The molecule has 2 N–H and O–H groups in total. The molecule has 0 saturated heterocycles. The van der Waals surface area contributed by atoms with E-state index in [-0.39, 0.29) is 29.9 Å². The lowest BCUT2D eigenvalue weighted by molar-refractivity contribution is -0.140. The van der Waals surface area contributed by atoms with Gasteiger partial charge in [0.05, 0.1) is 7.11 Å². The van der Waals surface area contributed by atoms with Gasteiger partial charge in [-0.05, 0) is 38.5 Å². The van der Waals surface area contributed by atoms with E-state index in [4.69, 9.17) is 0 Å². The molecule has 0 rings (SSSR count). The van der Waals surface area contributed by atoms with Gasteiger partial charge >= 0.3 is 5.97 Å². The number of unbranched alkanes of at least 4 members (excludes halogenated alkanes) is 3. The normalized spacial score (nSPS) is 11.1. The fourth-order valence-electron chi connectivity index (χ4n) is 2.09. The molecule has 0 atom stereocenters. The minimum Gasteiger partial charge on any atom is -0.469 e. The van der Waals surface area contributed by atoms with Crippen LogP contribution in [-0.4, -0.2) is 38.7 Å². The second-order valence-corrected chi connectivity index (χ2v) is 5.96. The summed E-state index contributed by atoms with van der Waals surface area (Å²) in [6.45, 7) is 9.26. The molecule has 23 heavy (non-hydrogen) atoms. The van der Waals surface area contributed by atoms with Crippen LogP contribution in [0, 0.1) is 5.92 Å². The second kappa shape index (κ2) is 17.8. The van der Waals surface area contributed by atoms with Gasteiger partial charge in [0.15, 0.2) is 5.96 Å². The van der Waals surface area contributed by atoms with Crippen LogP contribution in [0.1, 0.15) is 65.7 Å². The summed E-state index contributed by atoms with van der Waals surface area (Å²) in [4.78, 5) is 15.6. The van der Waals surface area contributed by atoms with Gasteiger partial charge in [0.25, 0.3) is 0 Å². The van der Waals surface area contributed by atoms with Crippen LogP contribution in [0.25, 0.3) is 0 Å². The second-order valence-electron chi connectivity index (χ2n) is 5.96. The first-order chi connectivity index (χ1) is 10.6. The Morgan fingerprint density at radius 1 is 1.09 bits per heavy atom. The quantitative estimate of drug-likeness (QED) is 0.159. The maximum Gasteiger partial charge on any atom is 0.305 e. The number of esters is 1. The number of aliphatic imine (C=N–C) groups is 1. The van der Waals surface area contributed by atoms with Crippen molar-refractivity contribution >= 4 is 35.9 Å². The molecule has 0 saturated carbocycles. The van der Waals surface area contributed by atoms with E-state index in [1.54, 1.807) is 0 Å². The van der Waals surface area contributed by atoms with E-state index < -0.39 is 0 Å². The van der Waals surface area contributed by atoms with Crippen molar-refractivity contribution in [1.82, 2.24) is 10.6 Å². The van der Waals surface area contributed by atoms with Crippen molar-refractivity contribution in [1.29, 1.82) is 0 Å². The number of rotatable bonds is 12. The summed E-state index contributed by atoms with van der Waals surface area (Å²) in [6, 6.07) is 0. The molecule has 6 heteroatoms. The highest BCUT2D eigenvalue weighted by molar-refractivity contribution is 14.0. The van der Waals surface area contributed by atoms with Crippen LogP contribution in [0.3, 0.4) is 0 Å². The zero-order valence-corrected chi connectivity index (χ0v) is 17.7. The van der Waals surface area contributed by atoms with Crippen molar-refractivity contribution in [2.75, 3.05) is 26.7 Å². The van der Waals surface area contributed by atoms with Gasteiger partial charge in [0.1, 0.15) is 0 Å². The van der Waals surface area contributed by atoms with Crippen molar-refractivity contribution in [2.24, 2.45) is 10.9 Å². The Bertz CT molecular complexity index is 310. The number of carbonyl (C=O) groups is 1. The summed E-state index contributed by atoms with van der Waals surface area (Å²) in [7, 11) is 1.44. The molecule has 0 aromatic rings. The third-order valence-corrected chi connectivity index (χ3v) is 3.38. The Kier molecular flexibility index (Phi) is 19.1. The zero-order chi connectivity index (χ0) is 16.6. The van der Waals surface area contributed by atoms with Crippen molar-refractivity contribution in [2.45, 2.75) is 65.7 Å². The first-order valence-electron chi connectivity index (χ1n) is 8.69. The maximum absolute atomic E-state index is 11.0. The summed E-state index contributed by atoms with van der Waals surface area (Å²) < 4.78 is 4.62. The standard InChI is InChI=1S/C17H35N3O2.HI/c1-5-18-17(20-14-10-11-15(2)3)19-13-9-7-6-8-12-16(21)22-4;/h15H,5-14H2,1-4H3,(H2,18,19,20);1H. The van der Waals surface area contributed by atoms with Crippen molar-refractivity contribution in [3.8, 4) is 0 Å². The van der Waals surface area contributed by atoms with Gasteiger partial charge in [-0.25, -0.2) is 0 Å². The number of ether oxygens (including phenoxy) is 1. The van der Waals surface area contributed by atoms with Gasteiger partial charge in [0.2, 0.25) is 0 Å². The van der Waals surface area contributed by atoms with Gasteiger partial charge in [-0.3, -0.25) is 9.79 Å². The summed E-state index contributed by atoms with van der Waals surface area (Å²) >= 11 is 0. The monoisotopic (exact) mass is 441 g/mol. The molecular weight excluding hydrogens is 405 g/mol. The van der Waals surface area contributed by atoms with E-state index in [0.29, 0.717) is 6.42 Å². The van der Waals surface area contributed by atoms with E-state index in [0.717, 1.165) is 63.6 Å². The minimum atomic E-state index is -0.110. The highest BCUT2D eigenvalue weighted by Gasteiger charge is 2.00. The Morgan fingerprint density at radius 3 is 2.39 bits per heavy atom. The number of guanidine groups is 1. The van der Waals surface area contributed by atoms with Crippen LogP contribution < -0.4 is 10.6 Å². The molecule has 0 amide bonds. The van der Waals surface area contributed by atoms with Crippen LogP contribution >= 0.6 is 24.0 Å². The third-order valence-electron chi connectivity index (χ3n) is 3.38. The van der Waals surface area contributed by atoms with Crippen LogP contribution in [-0.2, 0) is 9.53 Å². The molecular formula is C17H36IN3O2.